The van der Waals surface area contributed by atoms with Crippen LogP contribution < -0.4 is 0 Å². The van der Waals surface area contributed by atoms with Crippen LogP contribution >= 0.6 is 45.3 Å². The highest BCUT2D eigenvalue weighted by Gasteiger charge is 2.28. The smallest absolute Gasteiger partial charge is 0.0561 e. The van der Waals surface area contributed by atoms with Gasteiger partial charge in [0.25, 0.3) is 8.03 Å². The van der Waals surface area contributed by atoms with Gasteiger partial charge in [-0.2, -0.15) is 0 Å². The Balaban J connectivity index is 1.63. The van der Waals surface area contributed by atoms with Crippen molar-refractivity contribution in [2.75, 3.05) is 0 Å². The number of hydrogen-bond donors (Lipinski definition) is 0. The van der Waals surface area contributed by atoms with Crippen LogP contribution in [-0.2, 0) is 10.8 Å². The van der Waals surface area contributed by atoms with Gasteiger partial charge in [-0.05, 0) is 58.4 Å². The molecule has 4 heteroatoms. The van der Waals surface area contributed by atoms with E-state index in [4.69, 9.17) is 0 Å². The molecule has 0 aliphatic heterocycles. The van der Waals surface area contributed by atoms with Crippen molar-refractivity contribution in [3.8, 4) is 0 Å². The highest BCUT2D eigenvalue weighted by atomic mass is 32.2. The first kappa shape index (κ1) is 20.9. The molecule has 0 aliphatic rings. The molecular formula is C28H26S4+2. The SMILES string of the molecule is CC(C)(C)c1ccc2[s+]c3sc4c5cc6cc(C(C)(C)C)ccc6[s+]c5sc4c3cc2c1. The van der Waals surface area contributed by atoms with Crippen LogP contribution in [0.2, 0.25) is 0 Å². The summed E-state index contributed by atoms with van der Waals surface area (Å²) in [6.07, 6.45) is 0. The van der Waals surface area contributed by atoms with E-state index >= 15 is 0 Å². The fraction of sp³-hybridized carbons (Fsp3) is 0.286. The maximum absolute atomic E-state index is 2.44. The van der Waals surface area contributed by atoms with E-state index in [1.54, 1.807) is 0 Å². The van der Waals surface area contributed by atoms with E-state index in [0.29, 0.717) is 0 Å². The van der Waals surface area contributed by atoms with Crippen LogP contribution in [0.5, 0.6) is 0 Å². The van der Waals surface area contributed by atoms with Crippen molar-refractivity contribution in [2.24, 2.45) is 0 Å². The molecule has 0 nitrogen and oxygen atoms in total. The molecule has 6 aromatic rings. The van der Waals surface area contributed by atoms with E-state index in [0.717, 1.165) is 0 Å². The maximum Gasteiger partial charge on any atom is 0.289 e. The Morgan fingerprint density at radius 1 is 0.562 bits per heavy atom. The van der Waals surface area contributed by atoms with Crippen molar-refractivity contribution in [2.45, 2.75) is 52.4 Å². The zero-order valence-corrected chi connectivity index (χ0v) is 22.5. The molecule has 160 valence electrons. The van der Waals surface area contributed by atoms with Gasteiger partial charge < -0.3 is 0 Å². The van der Waals surface area contributed by atoms with E-state index in [1.807, 2.05) is 45.3 Å². The monoisotopic (exact) mass is 490 g/mol. The summed E-state index contributed by atoms with van der Waals surface area (Å²) in [5.74, 6) is 0. The molecule has 4 aromatic heterocycles. The van der Waals surface area contributed by atoms with E-state index in [9.17, 15) is 0 Å². The third-order valence-corrected chi connectivity index (χ3v) is 11.5. The summed E-state index contributed by atoms with van der Waals surface area (Å²) in [6.45, 7) is 13.8. The van der Waals surface area contributed by atoms with Crippen molar-refractivity contribution >= 4 is 93.7 Å². The summed E-state index contributed by atoms with van der Waals surface area (Å²) in [6, 6.07) is 18.9. The molecule has 32 heavy (non-hydrogen) atoms. The molecule has 2 aromatic carbocycles. The molecule has 6 rings (SSSR count). The predicted molar refractivity (Wildman–Crippen MR) is 152 cm³/mol. The van der Waals surface area contributed by atoms with Gasteiger partial charge in [-0.1, -0.05) is 53.7 Å². The van der Waals surface area contributed by atoms with E-state index in [-0.39, 0.29) is 10.8 Å². The Labute approximate surface area is 204 Å². The average Bonchev–Trinajstić information content (AvgIpc) is 3.23. The molecule has 0 atom stereocenters. The Morgan fingerprint density at radius 3 is 1.34 bits per heavy atom. The molecule has 0 saturated carbocycles. The molecule has 0 N–H and O–H groups in total. The highest BCUT2D eigenvalue weighted by molar-refractivity contribution is 7.50. The van der Waals surface area contributed by atoms with Crippen LogP contribution in [0, 0.1) is 0 Å². The summed E-state index contributed by atoms with van der Waals surface area (Å²) < 4.78 is 8.57. The van der Waals surface area contributed by atoms with Gasteiger partial charge in [0.1, 0.15) is 9.40 Å². The average molecular weight is 491 g/mol. The molecule has 0 amide bonds. The van der Waals surface area contributed by atoms with Crippen molar-refractivity contribution in [3.63, 3.8) is 0 Å². The van der Waals surface area contributed by atoms with Crippen molar-refractivity contribution < 1.29 is 0 Å². The van der Waals surface area contributed by atoms with Gasteiger partial charge in [-0.25, -0.2) is 0 Å². The topological polar surface area (TPSA) is 0 Å². The first-order chi connectivity index (χ1) is 15.1. The fourth-order valence-corrected chi connectivity index (χ4v) is 9.71. The molecule has 0 unspecified atom stereocenters. The van der Waals surface area contributed by atoms with Gasteiger partial charge in [0, 0.05) is 10.8 Å². The van der Waals surface area contributed by atoms with Crippen molar-refractivity contribution in [3.05, 3.63) is 59.7 Å². The van der Waals surface area contributed by atoms with Gasteiger partial charge in [-0.15, -0.1) is 0 Å². The second kappa shape index (κ2) is 6.89. The molecule has 4 heterocycles. The zero-order chi connectivity index (χ0) is 22.4. The number of rotatable bonds is 0. The Hall–Kier alpha value is -1.72. The summed E-state index contributed by atoms with van der Waals surface area (Å²) >= 11 is 7.85. The molecular weight excluding hydrogens is 465 g/mol. The number of fused-ring (bicyclic) bond motifs is 7. The van der Waals surface area contributed by atoms with E-state index in [1.165, 1.54) is 59.5 Å². The van der Waals surface area contributed by atoms with Gasteiger partial charge in [0.2, 0.25) is 0 Å². The van der Waals surface area contributed by atoms with Gasteiger partial charge in [0.15, 0.2) is 9.40 Å². The third kappa shape index (κ3) is 3.27. The van der Waals surface area contributed by atoms with Crippen LogP contribution in [0.25, 0.3) is 48.4 Å². The largest absolute Gasteiger partial charge is 0.289 e. The fourth-order valence-electron chi connectivity index (χ4n) is 4.28. The molecule has 0 saturated heterocycles. The molecule has 0 fully saturated rings. The van der Waals surface area contributed by atoms with Crippen LogP contribution in [0.4, 0.5) is 0 Å². The summed E-state index contributed by atoms with van der Waals surface area (Å²) in [7, 11) is 0. The lowest BCUT2D eigenvalue weighted by Crippen LogP contribution is -2.10. The van der Waals surface area contributed by atoms with Crippen LogP contribution in [0.15, 0.2) is 48.5 Å². The van der Waals surface area contributed by atoms with Gasteiger partial charge >= 0.3 is 0 Å². The third-order valence-electron chi connectivity index (χ3n) is 6.28. The van der Waals surface area contributed by atoms with E-state index in [2.05, 4.69) is 90.1 Å². The summed E-state index contributed by atoms with van der Waals surface area (Å²) in [5.41, 5.74) is 3.15. The number of benzene rings is 2. The standard InChI is InChI=1S/C28H26S4/c1-27(2,3)17-7-9-21-15(11-17)13-19-23-24(32-25(19)29-21)20-14-16-12-18(28(4,5)6)8-10-22(16)30-26(20)31-23/h7-14H,1-6H3/q+2. The van der Waals surface area contributed by atoms with Crippen LogP contribution in [0.3, 0.4) is 0 Å². The van der Waals surface area contributed by atoms with E-state index < -0.39 is 0 Å². The van der Waals surface area contributed by atoms with Crippen molar-refractivity contribution in [1.82, 2.24) is 0 Å². The molecule has 0 aliphatic carbocycles. The first-order valence-electron chi connectivity index (χ1n) is 11.0. The Kier molecular flexibility index (Phi) is 4.49. The molecule has 0 spiro atoms. The predicted octanol–water partition coefficient (Wildman–Crippen LogP) is 10.9. The minimum Gasteiger partial charge on any atom is -0.0561 e. The lowest BCUT2D eigenvalue weighted by molar-refractivity contribution is 0.591. The van der Waals surface area contributed by atoms with Crippen molar-refractivity contribution in [1.29, 1.82) is 0 Å². The summed E-state index contributed by atoms with van der Waals surface area (Å²) in [5, 5.41) is 5.61. The van der Waals surface area contributed by atoms with Crippen LogP contribution in [0.1, 0.15) is 52.7 Å². The highest BCUT2D eigenvalue weighted by Crippen LogP contribution is 2.49. The van der Waals surface area contributed by atoms with Gasteiger partial charge in [-0.3, -0.25) is 0 Å². The second-order valence-electron chi connectivity index (χ2n) is 10.8. The lowest BCUT2D eigenvalue weighted by atomic mass is 9.86. The second-order valence-corrected chi connectivity index (χ2v) is 15.4. The lowest BCUT2D eigenvalue weighted by Gasteiger charge is -2.18. The Morgan fingerprint density at radius 2 is 0.969 bits per heavy atom. The quantitative estimate of drug-likeness (QED) is 0.186. The zero-order valence-electron chi connectivity index (χ0n) is 19.3. The van der Waals surface area contributed by atoms with Gasteiger partial charge in [0.05, 0.1) is 56.1 Å². The summed E-state index contributed by atoms with van der Waals surface area (Å²) in [4.78, 5) is 0. The Bertz CT molecular complexity index is 1560. The molecule has 0 bridgehead atoms. The molecule has 0 radical (unpaired) electrons. The van der Waals surface area contributed by atoms with Crippen LogP contribution in [-0.4, -0.2) is 0 Å². The first-order valence-corrected chi connectivity index (χ1v) is 14.3. The number of thiophene rings is 2. The normalized spacial score (nSPS) is 13.3. The minimum absolute atomic E-state index is 0.170. The number of hydrogen-bond acceptors (Lipinski definition) is 2. The minimum atomic E-state index is 0.170. The maximum atomic E-state index is 2.44.